The third-order valence-corrected chi connectivity index (χ3v) is 3.13. The van der Waals surface area contributed by atoms with Gasteiger partial charge in [-0.2, -0.15) is 0 Å². The van der Waals surface area contributed by atoms with Crippen LogP contribution < -0.4 is 0 Å². The first-order valence-corrected chi connectivity index (χ1v) is 5.60. The van der Waals surface area contributed by atoms with Crippen molar-refractivity contribution < 1.29 is 0 Å². The van der Waals surface area contributed by atoms with Gasteiger partial charge in [0.25, 0.3) is 0 Å². The summed E-state index contributed by atoms with van der Waals surface area (Å²) in [6.07, 6.45) is 1.79. The van der Waals surface area contributed by atoms with E-state index in [9.17, 15) is 0 Å². The zero-order valence-electron chi connectivity index (χ0n) is 7.12. The van der Waals surface area contributed by atoms with Crippen LogP contribution in [0.3, 0.4) is 0 Å². The van der Waals surface area contributed by atoms with Gasteiger partial charge in [-0.3, -0.25) is 4.98 Å². The van der Waals surface area contributed by atoms with Crippen LogP contribution in [0.2, 0.25) is 0 Å². The first kappa shape index (κ1) is 8.85. The second kappa shape index (κ2) is 3.56. The Labute approximate surface area is 85.6 Å². The third-order valence-electron chi connectivity index (χ3n) is 2.00. The highest BCUT2D eigenvalue weighted by atomic mass is 35.7. The van der Waals surface area contributed by atoms with E-state index in [1.165, 1.54) is 16.5 Å². The molecule has 1 heterocycles. The Kier molecular flexibility index (Phi) is 2.42. The average molecular weight is 210 g/mol. The van der Waals surface area contributed by atoms with Crippen LogP contribution in [0.15, 0.2) is 35.4 Å². The summed E-state index contributed by atoms with van der Waals surface area (Å²) in [5.74, 6) is 0. The molecule has 0 N–H and O–H groups in total. The van der Waals surface area contributed by atoms with Crippen molar-refractivity contribution in [1.82, 2.24) is 4.98 Å². The van der Waals surface area contributed by atoms with Gasteiger partial charge in [-0.05, 0) is 40.2 Å². The first-order chi connectivity index (χ1) is 6.33. The zero-order chi connectivity index (χ0) is 9.26. The maximum absolute atomic E-state index is 5.79. The number of pyridine rings is 1. The molecule has 1 aromatic carbocycles. The van der Waals surface area contributed by atoms with Gasteiger partial charge in [0.2, 0.25) is 0 Å². The van der Waals surface area contributed by atoms with E-state index < -0.39 is 0 Å². The Morgan fingerprint density at radius 1 is 1.31 bits per heavy atom. The summed E-state index contributed by atoms with van der Waals surface area (Å²) < 4.78 is 0. The van der Waals surface area contributed by atoms with Crippen molar-refractivity contribution in [3.05, 3.63) is 36.0 Å². The Morgan fingerprint density at radius 2 is 2.15 bits per heavy atom. The van der Waals surface area contributed by atoms with E-state index in [0.29, 0.717) is 0 Å². The zero-order valence-corrected chi connectivity index (χ0v) is 8.69. The van der Waals surface area contributed by atoms with Gasteiger partial charge in [-0.15, -0.1) is 0 Å². The Morgan fingerprint density at radius 3 is 2.92 bits per heavy atom. The monoisotopic (exact) mass is 209 g/mol. The van der Waals surface area contributed by atoms with Crippen molar-refractivity contribution in [2.75, 3.05) is 0 Å². The smallest absolute Gasteiger partial charge is 0.0852 e. The summed E-state index contributed by atoms with van der Waals surface area (Å²) in [5, 5.41) is 1.14. The van der Waals surface area contributed by atoms with Gasteiger partial charge in [0.05, 0.1) is 10.4 Å². The van der Waals surface area contributed by atoms with Crippen LogP contribution in [0.5, 0.6) is 0 Å². The summed E-state index contributed by atoms with van der Waals surface area (Å²) in [4.78, 5) is 5.36. The molecule has 13 heavy (non-hydrogen) atoms. The maximum Gasteiger partial charge on any atom is 0.0852 e. The largest absolute Gasteiger partial charge is 0.255 e. The molecular formula is C10H8ClNS. The molecule has 0 aliphatic carbocycles. The van der Waals surface area contributed by atoms with Crippen molar-refractivity contribution in [2.45, 2.75) is 11.8 Å². The molecule has 0 saturated carbocycles. The molecular weight excluding hydrogens is 202 g/mol. The van der Waals surface area contributed by atoms with E-state index in [2.05, 4.69) is 17.1 Å². The van der Waals surface area contributed by atoms with E-state index >= 15 is 0 Å². The van der Waals surface area contributed by atoms with Gasteiger partial charge in [0.1, 0.15) is 0 Å². The SMILES string of the molecule is Cc1ccc2cccnc2c1SCl. The minimum atomic E-state index is 0.988. The van der Waals surface area contributed by atoms with Crippen molar-refractivity contribution in [3.63, 3.8) is 0 Å². The lowest BCUT2D eigenvalue weighted by Gasteiger charge is -2.04. The van der Waals surface area contributed by atoms with Crippen molar-refractivity contribution in [3.8, 4) is 0 Å². The highest BCUT2D eigenvalue weighted by Crippen LogP contribution is 2.31. The molecule has 2 aromatic rings. The molecule has 3 heteroatoms. The quantitative estimate of drug-likeness (QED) is 0.709. The number of rotatable bonds is 1. The molecule has 0 spiro atoms. The van der Waals surface area contributed by atoms with Crippen molar-refractivity contribution in [1.29, 1.82) is 0 Å². The molecule has 1 aromatic heterocycles. The lowest BCUT2D eigenvalue weighted by molar-refractivity contribution is 1.29. The van der Waals surface area contributed by atoms with E-state index in [4.69, 9.17) is 10.7 Å². The summed E-state index contributed by atoms with van der Waals surface area (Å²) in [6, 6.07) is 8.10. The van der Waals surface area contributed by atoms with Crippen LogP contribution in [0.1, 0.15) is 5.56 Å². The second-order valence-electron chi connectivity index (χ2n) is 2.86. The van der Waals surface area contributed by atoms with Crippen LogP contribution in [0.4, 0.5) is 0 Å². The second-order valence-corrected chi connectivity index (χ2v) is 3.89. The summed E-state index contributed by atoms with van der Waals surface area (Å²) >= 11 is 0. The number of aryl methyl sites for hydroxylation is 1. The predicted molar refractivity (Wildman–Crippen MR) is 58.2 cm³/mol. The van der Waals surface area contributed by atoms with Gasteiger partial charge in [0.15, 0.2) is 0 Å². The van der Waals surface area contributed by atoms with Gasteiger partial charge in [-0.25, -0.2) is 0 Å². The normalized spacial score (nSPS) is 10.6. The Balaban J connectivity index is 2.84. The Bertz CT molecular complexity index is 442. The van der Waals surface area contributed by atoms with E-state index in [0.717, 1.165) is 15.8 Å². The maximum atomic E-state index is 5.79. The fourth-order valence-electron chi connectivity index (χ4n) is 1.32. The van der Waals surface area contributed by atoms with Crippen LogP contribution in [0.25, 0.3) is 10.9 Å². The topological polar surface area (TPSA) is 12.9 Å². The number of benzene rings is 1. The molecule has 0 aliphatic rings. The standard InChI is InChI=1S/C10H8ClNS/c1-7-4-5-8-3-2-6-12-9(8)10(7)13-11/h2-6H,1H3. The molecule has 0 aliphatic heterocycles. The molecule has 0 bridgehead atoms. The van der Waals surface area contributed by atoms with Gasteiger partial charge < -0.3 is 0 Å². The van der Waals surface area contributed by atoms with E-state index in [-0.39, 0.29) is 0 Å². The molecule has 0 saturated heterocycles. The molecule has 0 fully saturated rings. The number of hydrogen-bond acceptors (Lipinski definition) is 2. The number of aromatic nitrogens is 1. The van der Waals surface area contributed by atoms with E-state index in [1.807, 2.05) is 19.1 Å². The minimum Gasteiger partial charge on any atom is -0.255 e. The molecule has 0 amide bonds. The number of nitrogens with zero attached hydrogens (tertiary/aromatic N) is 1. The van der Waals surface area contributed by atoms with Crippen molar-refractivity contribution in [2.24, 2.45) is 0 Å². The van der Waals surface area contributed by atoms with Gasteiger partial charge in [-0.1, -0.05) is 18.2 Å². The molecule has 1 nitrogen and oxygen atoms in total. The molecule has 0 radical (unpaired) electrons. The van der Waals surface area contributed by atoms with Crippen LogP contribution in [0, 0.1) is 6.92 Å². The predicted octanol–water partition coefficient (Wildman–Crippen LogP) is 3.79. The highest BCUT2D eigenvalue weighted by Gasteiger charge is 2.04. The van der Waals surface area contributed by atoms with Crippen molar-refractivity contribution >= 4 is 32.6 Å². The fraction of sp³-hybridized carbons (Fsp3) is 0.100. The van der Waals surface area contributed by atoms with Gasteiger partial charge in [0, 0.05) is 11.6 Å². The lowest BCUT2D eigenvalue weighted by Crippen LogP contribution is -1.83. The summed E-state index contributed by atoms with van der Waals surface area (Å²) in [5.41, 5.74) is 2.16. The third kappa shape index (κ3) is 1.52. The summed E-state index contributed by atoms with van der Waals surface area (Å²) in [6.45, 7) is 2.04. The molecule has 66 valence electrons. The van der Waals surface area contributed by atoms with Crippen LogP contribution >= 0.6 is 21.7 Å². The van der Waals surface area contributed by atoms with E-state index in [1.54, 1.807) is 6.20 Å². The van der Waals surface area contributed by atoms with Crippen LogP contribution in [-0.2, 0) is 0 Å². The first-order valence-electron chi connectivity index (χ1n) is 3.96. The highest BCUT2D eigenvalue weighted by molar-refractivity contribution is 8.21. The van der Waals surface area contributed by atoms with Gasteiger partial charge >= 0.3 is 0 Å². The Hall–Kier alpha value is -0.730. The lowest BCUT2D eigenvalue weighted by atomic mass is 10.1. The summed E-state index contributed by atoms with van der Waals surface area (Å²) in [7, 11) is 7.02. The van der Waals surface area contributed by atoms with Crippen LogP contribution in [-0.4, -0.2) is 4.98 Å². The number of fused-ring (bicyclic) bond motifs is 1. The number of hydrogen-bond donors (Lipinski definition) is 0. The minimum absolute atomic E-state index is 0.988. The molecule has 0 unspecified atom stereocenters. The average Bonchev–Trinajstić information content (AvgIpc) is 2.18. The molecule has 0 atom stereocenters. The number of halogens is 1. The fourth-order valence-corrected chi connectivity index (χ4v) is 2.33. The molecule has 2 rings (SSSR count).